The van der Waals surface area contributed by atoms with Crippen molar-refractivity contribution in [1.82, 2.24) is 0 Å². The molecule has 0 saturated heterocycles. The average Bonchev–Trinajstić information content (AvgIpc) is 3.02. The van der Waals surface area contributed by atoms with Crippen molar-refractivity contribution in [3.63, 3.8) is 0 Å². The summed E-state index contributed by atoms with van der Waals surface area (Å²) in [7, 11) is 0. The van der Waals surface area contributed by atoms with Crippen LogP contribution in [0.5, 0.6) is 0 Å². The third kappa shape index (κ3) is 3.27. The normalized spacial score (nSPS) is 52.9. The predicted octanol–water partition coefficient (Wildman–Crippen LogP) is 3.45. The first-order valence-electron chi connectivity index (χ1n) is 11.8. The average molecular weight is 409 g/mol. The molecule has 4 aliphatic rings. The molecule has 4 fully saturated rings. The summed E-state index contributed by atoms with van der Waals surface area (Å²) in [4.78, 5) is 11.1. The lowest BCUT2D eigenvalue weighted by atomic mass is 9.43. The van der Waals surface area contributed by atoms with E-state index < -0.39 is 5.97 Å². The Morgan fingerprint density at radius 2 is 1.72 bits per heavy atom. The summed E-state index contributed by atoms with van der Waals surface area (Å²) in [6, 6.07) is 0. The number of aliphatic carboxylic acids is 1. The smallest absolute Gasteiger partial charge is 0.303 e. The highest BCUT2D eigenvalue weighted by molar-refractivity contribution is 5.66. The van der Waals surface area contributed by atoms with Crippen LogP contribution in [0.3, 0.4) is 0 Å². The van der Waals surface area contributed by atoms with Gasteiger partial charge in [-0.3, -0.25) is 4.79 Å². The highest BCUT2D eigenvalue weighted by atomic mass is 16.4. The molecule has 4 unspecified atom stereocenters. The molecule has 29 heavy (non-hydrogen) atoms. The molecule has 5 heteroatoms. The van der Waals surface area contributed by atoms with Gasteiger partial charge in [-0.25, -0.2) is 0 Å². The van der Waals surface area contributed by atoms with E-state index >= 15 is 0 Å². The van der Waals surface area contributed by atoms with Gasteiger partial charge >= 0.3 is 5.97 Å². The number of hydrogen-bond donors (Lipinski definition) is 4. The molecule has 5 nitrogen and oxygen atoms in total. The van der Waals surface area contributed by atoms with E-state index in [2.05, 4.69) is 20.8 Å². The third-order valence-electron chi connectivity index (χ3n) is 10.3. The van der Waals surface area contributed by atoms with Crippen LogP contribution in [0.1, 0.15) is 78.6 Å². The molecule has 4 N–H and O–H groups in total. The van der Waals surface area contributed by atoms with Crippen molar-refractivity contribution in [1.29, 1.82) is 0 Å². The fraction of sp³-hybridized carbons (Fsp3) is 0.958. The van der Waals surface area contributed by atoms with Crippen LogP contribution >= 0.6 is 0 Å². The molecule has 0 aromatic carbocycles. The summed E-state index contributed by atoms with van der Waals surface area (Å²) >= 11 is 0. The first-order chi connectivity index (χ1) is 13.6. The molecular formula is C24H40O5. The van der Waals surface area contributed by atoms with Crippen LogP contribution in [-0.2, 0) is 4.79 Å². The third-order valence-corrected chi connectivity index (χ3v) is 10.3. The van der Waals surface area contributed by atoms with E-state index in [1.165, 1.54) is 0 Å². The quantitative estimate of drug-likeness (QED) is 0.571. The Morgan fingerprint density at radius 1 is 1.00 bits per heavy atom. The lowest BCUT2D eigenvalue weighted by Crippen LogP contribution is -2.61. The van der Waals surface area contributed by atoms with Gasteiger partial charge in [-0.1, -0.05) is 20.8 Å². The molecule has 11 atom stereocenters. The largest absolute Gasteiger partial charge is 0.481 e. The van der Waals surface area contributed by atoms with Crippen molar-refractivity contribution in [2.24, 2.45) is 46.3 Å². The fourth-order valence-corrected chi connectivity index (χ4v) is 8.76. The molecule has 0 heterocycles. The van der Waals surface area contributed by atoms with E-state index in [0.717, 1.165) is 38.5 Å². The first-order valence-corrected chi connectivity index (χ1v) is 11.8. The molecule has 0 spiro atoms. The van der Waals surface area contributed by atoms with Crippen molar-refractivity contribution < 1.29 is 25.2 Å². The van der Waals surface area contributed by atoms with Gasteiger partial charge in [0.25, 0.3) is 0 Å². The van der Waals surface area contributed by atoms with Crippen LogP contribution in [0, 0.1) is 46.3 Å². The van der Waals surface area contributed by atoms with Gasteiger partial charge in [0, 0.05) is 6.42 Å². The molecule has 0 radical (unpaired) electrons. The topological polar surface area (TPSA) is 98.0 Å². The van der Waals surface area contributed by atoms with Gasteiger partial charge in [0.1, 0.15) is 0 Å². The lowest BCUT2D eigenvalue weighted by molar-refractivity contribution is -0.202. The Balaban J connectivity index is 1.60. The zero-order valence-corrected chi connectivity index (χ0v) is 18.3. The second kappa shape index (κ2) is 7.49. The van der Waals surface area contributed by atoms with E-state index in [1.807, 2.05) is 0 Å². The highest BCUT2D eigenvalue weighted by Crippen LogP contribution is 2.68. The molecule has 4 rings (SSSR count). The van der Waals surface area contributed by atoms with E-state index in [1.54, 1.807) is 0 Å². The van der Waals surface area contributed by atoms with Crippen LogP contribution in [0.4, 0.5) is 0 Å². The van der Waals surface area contributed by atoms with Crippen LogP contribution in [0.2, 0.25) is 0 Å². The van der Waals surface area contributed by atoms with Gasteiger partial charge in [-0.15, -0.1) is 0 Å². The molecular weight excluding hydrogens is 368 g/mol. The SMILES string of the molecule is C[C@H](CCC(=O)O)[C@H]1CC[C@H]2[C@@H]3CC(O)C4CC(O)CC[C@]4(C)[C@H]3CC(O)[C@]12C. The number of carboxylic acid groups (broad SMARTS) is 1. The number of aliphatic hydroxyl groups is 3. The van der Waals surface area contributed by atoms with E-state index in [-0.39, 0.29) is 47.4 Å². The Hall–Kier alpha value is -0.650. The van der Waals surface area contributed by atoms with Crippen molar-refractivity contribution in [2.45, 2.75) is 96.9 Å². The van der Waals surface area contributed by atoms with Crippen LogP contribution < -0.4 is 0 Å². The molecule has 0 amide bonds. The zero-order chi connectivity index (χ0) is 21.1. The maximum absolute atomic E-state index is 11.5. The minimum atomic E-state index is -0.741. The summed E-state index contributed by atoms with van der Waals surface area (Å²) in [6.45, 7) is 6.72. The Morgan fingerprint density at radius 3 is 2.41 bits per heavy atom. The number of fused-ring (bicyclic) bond motifs is 5. The predicted molar refractivity (Wildman–Crippen MR) is 110 cm³/mol. The van der Waals surface area contributed by atoms with Crippen molar-refractivity contribution >= 4 is 5.97 Å². The Bertz CT molecular complexity index is 637. The van der Waals surface area contributed by atoms with Crippen LogP contribution in [0.15, 0.2) is 0 Å². The summed E-state index contributed by atoms with van der Waals surface area (Å²) < 4.78 is 0. The summed E-state index contributed by atoms with van der Waals surface area (Å²) in [6.07, 6.45) is 5.97. The molecule has 0 aromatic rings. The molecule has 0 bridgehead atoms. The molecule has 0 aliphatic heterocycles. The van der Waals surface area contributed by atoms with Crippen molar-refractivity contribution in [3.8, 4) is 0 Å². The lowest BCUT2D eigenvalue weighted by Gasteiger charge is -2.63. The maximum atomic E-state index is 11.5. The molecule has 0 aromatic heterocycles. The fourth-order valence-electron chi connectivity index (χ4n) is 8.76. The number of aliphatic hydroxyl groups excluding tert-OH is 3. The monoisotopic (exact) mass is 408 g/mol. The van der Waals surface area contributed by atoms with E-state index in [0.29, 0.717) is 36.5 Å². The number of carboxylic acids is 1. The summed E-state index contributed by atoms with van der Waals surface area (Å²) in [5.74, 6) is 1.25. The van der Waals surface area contributed by atoms with Crippen molar-refractivity contribution in [3.05, 3.63) is 0 Å². The second-order valence-electron chi connectivity index (χ2n) is 11.4. The van der Waals surface area contributed by atoms with Crippen LogP contribution in [0.25, 0.3) is 0 Å². The molecule has 4 saturated carbocycles. The molecule has 166 valence electrons. The summed E-state index contributed by atoms with van der Waals surface area (Å²) in [5, 5.41) is 41.8. The minimum Gasteiger partial charge on any atom is -0.481 e. The van der Waals surface area contributed by atoms with Crippen molar-refractivity contribution in [2.75, 3.05) is 0 Å². The highest BCUT2D eigenvalue weighted by Gasteiger charge is 2.65. The Labute approximate surface area is 174 Å². The van der Waals surface area contributed by atoms with Gasteiger partial charge in [0.2, 0.25) is 0 Å². The summed E-state index contributed by atoms with van der Waals surface area (Å²) in [5.41, 5.74) is -0.187. The number of carbonyl (C=O) groups is 1. The van der Waals surface area contributed by atoms with Gasteiger partial charge in [-0.05, 0) is 97.7 Å². The maximum Gasteiger partial charge on any atom is 0.303 e. The number of rotatable bonds is 4. The Kier molecular flexibility index (Phi) is 5.57. The van der Waals surface area contributed by atoms with Gasteiger partial charge in [0.15, 0.2) is 0 Å². The molecule has 4 aliphatic carbocycles. The van der Waals surface area contributed by atoms with Crippen LogP contribution in [-0.4, -0.2) is 44.7 Å². The zero-order valence-electron chi connectivity index (χ0n) is 18.3. The first kappa shape index (κ1) is 21.6. The van der Waals surface area contributed by atoms with Gasteiger partial charge in [0.05, 0.1) is 18.3 Å². The standard InChI is InChI=1S/C24H40O5/c1-13(4-7-22(28)29)16-5-6-17-15-11-20(26)19-10-14(25)8-9-23(19,2)18(15)12-21(27)24(16,17)3/h13-21,25-27H,4-12H2,1-3H3,(H,28,29)/t13-,14?,15+,16-,17+,18+,19?,20?,21?,23-,24-/m1/s1. The van der Waals surface area contributed by atoms with Gasteiger partial charge < -0.3 is 20.4 Å². The minimum absolute atomic E-state index is 0.00309. The van der Waals surface area contributed by atoms with Gasteiger partial charge in [-0.2, -0.15) is 0 Å². The number of hydrogen-bond acceptors (Lipinski definition) is 4. The van der Waals surface area contributed by atoms with E-state index in [9.17, 15) is 20.1 Å². The second-order valence-corrected chi connectivity index (χ2v) is 11.4. The van der Waals surface area contributed by atoms with E-state index in [4.69, 9.17) is 5.11 Å².